The van der Waals surface area contributed by atoms with E-state index in [0.717, 1.165) is 22.5 Å². The molecular weight excluding hydrogens is 456 g/mol. The standard InChI is InChI=1S/C27H24N6O3/c1-17(2)33(26(34)21-8-5-4-7-18(21)3)25-22(27(35)36)16-32(30-25)20-11-9-19(10-12-20)23-15-24-28-13-6-14-31(24)29-23/h4-17H,1-3H3,(H,35,36). The molecule has 3 aromatic heterocycles. The minimum atomic E-state index is -1.16. The zero-order valence-corrected chi connectivity index (χ0v) is 20.0. The van der Waals surface area contributed by atoms with Crippen LogP contribution in [-0.2, 0) is 0 Å². The Morgan fingerprint density at radius 3 is 2.39 bits per heavy atom. The number of aromatic nitrogens is 5. The second-order valence-electron chi connectivity index (χ2n) is 8.70. The van der Waals surface area contributed by atoms with Crippen LogP contribution in [-0.4, -0.2) is 47.4 Å². The van der Waals surface area contributed by atoms with Crippen LogP contribution in [0.3, 0.4) is 0 Å². The van der Waals surface area contributed by atoms with Crippen LogP contribution in [0.2, 0.25) is 0 Å². The number of hydrogen-bond acceptors (Lipinski definition) is 5. The molecule has 1 N–H and O–H groups in total. The Labute approximate surface area is 207 Å². The molecule has 3 heterocycles. The van der Waals surface area contributed by atoms with E-state index in [-0.39, 0.29) is 23.3 Å². The number of carboxylic acid groups (broad SMARTS) is 1. The Bertz CT molecular complexity index is 1550. The molecule has 0 aliphatic rings. The Balaban J connectivity index is 1.52. The summed E-state index contributed by atoms with van der Waals surface area (Å²) in [6, 6.07) is 18.1. The molecule has 0 aliphatic heterocycles. The fourth-order valence-electron chi connectivity index (χ4n) is 4.10. The first-order valence-corrected chi connectivity index (χ1v) is 11.5. The van der Waals surface area contributed by atoms with E-state index in [2.05, 4.69) is 15.2 Å². The van der Waals surface area contributed by atoms with Crippen LogP contribution in [0.5, 0.6) is 0 Å². The van der Waals surface area contributed by atoms with Crippen LogP contribution >= 0.6 is 0 Å². The molecule has 0 bridgehead atoms. The van der Waals surface area contributed by atoms with Gasteiger partial charge in [-0.2, -0.15) is 5.10 Å². The number of anilines is 1. The maximum atomic E-state index is 13.5. The van der Waals surface area contributed by atoms with Gasteiger partial charge in [-0.3, -0.25) is 9.69 Å². The highest BCUT2D eigenvalue weighted by molar-refractivity contribution is 6.09. The first kappa shape index (κ1) is 23.0. The van der Waals surface area contributed by atoms with Crippen molar-refractivity contribution in [3.8, 4) is 16.9 Å². The summed E-state index contributed by atoms with van der Waals surface area (Å²) < 4.78 is 3.18. The first-order valence-electron chi connectivity index (χ1n) is 11.5. The lowest BCUT2D eigenvalue weighted by Crippen LogP contribution is -2.38. The number of carbonyl (C=O) groups is 2. The van der Waals surface area contributed by atoms with Gasteiger partial charge in [0.25, 0.3) is 5.91 Å². The summed E-state index contributed by atoms with van der Waals surface area (Å²) in [6.07, 6.45) is 4.98. The van der Waals surface area contributed by atoms with Crippen molar-refractivity contribution >= 4 is 23.3 Å². The van der Waals surface area contributed by atoms with Crippen LogP contribution in [0.1, 0.15) is 40.1 Å². The number of benzene rings is 2. The van der Waals surface area contributed by atoms with Gasteiger partial charge in [0.15, 0.2) is 11.5 Å². The summed E-state index contributed by atoms with van der Waals surface area (Å²) in [5.41, 5.74) is 4.30. The topological polar surface area (TPSA) is 106 Å². The number of carboxylic acids is 1. The number of fused-ring (bicyclic) bond motifs is 1. The molecule has 36 heavy (non-hydrogen) atoms. The van der Waals surface area contributed by atoms with Crippen LogP contribution in [0.15, 0.2) is 79.3 Å². The SMILES string of the molecule is Cc1ccccc1C(=O)N(c1nn(-c2ccc(-c3cc4ncccn4n3)cc2)cc1C(=O)O)C(C)C. The van der Waals surface area contributed by atoms with Gasteiger partial charge in [0, 0.05) is 41.8 Å². The van der Waals surface area contributed by atoms with Crippen LogP contribution in [0.4, 0.5) is 5.82 Å². The summed E-state index contributed by atoms with van der Waals surface area (Å²) >= 11 is 0. The van der Waals surface area contributed by atoms with E-state index in [4.69, 9.17) is 0 Å². The summed E-state index contributed by atoms with van der Waals surface area (Å²) in [6.45, 7) is 5.52. The predicted octanol–water partition coefficient (Wildman–Crippen LogP) is 4.64. The number of carbonyl (C=O) groups excluding carboxylic acids is 1. The normalized spacial score (nSPS) is 11.2. The molecule has 5 rings (SSSR count). The highest BCUT2D eigenvalue weighted by Crippen LogP contribution is 2.27. The van der Waals surface area contributed by atoms with Crippen LogP contribution < -0.4 is 4.90 Å². The molecule has 180 valence electrons. The molecule has 1 amide bonds. The van der Waals surface area contributed by atoms with Crippen molar-refractivity contribution in [2.45, 2.75) is 26.8 Å². The molecule has 9 nitrogen and oxygen atoms in total. The summed E-state index contributed by atoms with van der Waals surface area (Å²) in [7, 11) is 0. The zero-order valence-electron chi connectivity index (χ0n) is 20.0. The first-order chi connectivity index (χ1) is 17.3. The van der Waals surface area contributed by atoms with Gasteiger partial charge < -0.3 is 5.11 Å². The fraction of sp³-hybridized carbons (Fsp3) is 0.148. The molecule has 0 aliphatic carbocycles. The van der Waals surface area contributed by atoms with Gasteiger partial charge in [-0.15, -0.1) is 5.10 Å². The number of nitrogens with zero attached hydrogens (tertiary/aromatic N) is 6. The molecule has 0 spiro atoms. The summed E-state index contributed by atoms with van der Waals surface area (Å²) in [5.74, 6) is -1.36. The van der Waals surface area contributed by atoms with E-state index in [0.29, 0.717) is 11.3 Å². The van der Waals surface area contributed by atoms with E-state index in [1.54, 1.807) is 22.8 Å². The summed E-state index contributed by atoms with van der Waals surface area (Å²) in [5, 5.41) is 19.0. The van der Waals surface area contributed by atoms with Gasteiger partial charge in [-0.1, -0.05) is 30.3 Å². The molecule has 5 aromatic rings. The minimum Gasteiger partial charge on any atom is -0.477 e. The molecular formula is C27H24N6O3. The van der Waals surface area contributed by atoms with Gasteiger partial charge in [-0.05, 0) is 50.6 Å². The van der Waals surface area contributed by atoms with Gasteiger partial charge in [0.05, 0.1) is 11.4 Å². The number of aryl methyl sites for hydroxylation is 1. The molecule has 0 atom stereocenters. The van der Waals surface area contributed by atoms with E-state index in [9.17, 15) is 14.7 Å². The Morgan fingerprint density at radius 1 is 0.972 bits per heavy atom. The van der Waals surface area contributed by atoms with Crippen LogP contribution in [0.25, 0.3) is 22.6 Å². The highest BCUT2D eigenvalue weighted by atomic mass is 16.4. The van der Waals surface area contributed by atoms with E-state index < -0.39 is 5.97 Å². The lowest BCUT2D eigenvalue weighted by atomic mass is 10.1. The van der Waals surface area contributed by atoms with E-state index in [1.165, 1.54) is 15.8 Å². The van der Waals surface area contributed by atoms with Crippen molar-refractivity contribution in [3.63, 3.8) is 0 Å². The third-order valence-corrected chi connectivity index (χ3v) is 5.93. The van der Waals surface area contributed by atoms with Gasteiger partial charge in [0.2, 0.25) is 0 Å². The second-order valence-corrected chi connectivity index (χ2v) is 8.70. The fourth-order valence-corrected chi connectivity index (χ4v) is 4.10. The smallest absolute Gasteiger partial charge is 0.341 e. The lowest BCUT2D eigenvalue weighted by molar-refractivity contribution is 0.0697. The van der Waals surface area contributed by atoms with Crippen molar-refractivity contribution in [2.24, 2.45) is 0 Å². The molecule has 0 unspecified atom stereocenters. The van der Waals surface area contributed by atoms with Crippen molar-refractivity contribution < 1.29 is 14.7 Å². The lowest BCUT2D eigenvalue weighted by Gasteiger charge is -2.26. The van der Waals surface area contributed by atoms with Crippen molar-refractivity contribution in [2.75, 3.05) is 4.90 Å². The van der Waals surface area contributed by atoms with Crippen molar-refractivity contribution in [1.82, 2.24) is 24.4 Å². The highest BCUT2D eigenvalue weighted by Gasteiger charge is 2.29. The largest absolute Gasteiger partial charge is 0.477 e. The van der Waals surface area contributed by atoms with E-state index in [1.807, 2.05) is 75.5 Å². The molecule has 0 saturated carbocycles. The average molecular weight is 481 g/mol. The van der Waals surface area contributed by atoms with Crippen molar-refractivity contribution in [1.29, 1.82) is 0 Å². The maximum Gasteiger partial charge on any atom is 0.341 e. The number of amides is 1. The summed E-state index contributed by atoms with van der Waals surface area (Å²) in [4.78, 5) is 31.3. The Kier molecular flexibility index (Phi) is 5.81. The Morgan fingerprint density at radius 2 is 1.72 bits per heavy atom. The molecule has 2 aromatic carbocycles. The monoisotopic (exact) mass is 480 g/mol. The minimum absolute atomic E-state index is 0.0545. The quantitative estimate of drug-likeness (QED) is 0.379. The van der Waals surface area contributed by atoms with Gasteiger partial charge in [-0.25, -0.2) is 19.0 Å². The molecule has 0 fully saturated rings. The third-order valence-electron chi connectivity index (χ3n) is 5.93. The number of aromatic carboxylic acids is 1. The molecule has 0 radical (unpaired) electrons. The third kappa shape index (κ3) is 4.11. The number of hydrogen-bond donors (Lipinski definition) is 1. The van der Waals surface area contributed by atoms with Crippen molar-refractivity contribution in [3.05, 3.63) is 95.9 Å². The van der Waals surface area contributed by atoms with Crippen LogP contribution in [0, 0.1) is 6.92 Å². The van der Waals surface area contributed by atoms with E-state index >= 15 is 0 Å². The van der Waals surface area contributed by atoms with Gasteiger partial charge >= 0.3 is 5.97 Å². The molecule has 9 heteroatoms. The second kappa shape index (κ2) is 9.10. The predicted molar refractivity (Wildman–Crippen MR) is 136 cm³/mol. The zero-order chi connectivity index (χ0) is 25.4. The Hall–Kier alpha value is -4.79. The van der Waals surface area contributed by atoms with Gasteiger partial charge in [0.1, 0.15) is 5.56 Å². The molecule has 0 saturated heterocycles. The maximum absolute atomic E-state index is 13.5. The average Bonchev–Trinajstić information content (AvgIpc) is 3.49. The number of rotatable bonds is 6.